The third-order valence-electron chi connectivity index (χ3n) is 2.65. The van der Waals surface area contributed by atoms with Crippen molar-refractivity contribution in [2.45, 2.75) is 39.2 Å². The van der Waals surface area contributed by atoms with Gasteiger partial charge in [-0.2, -0.15) is 4.39 Å². The van der Waals surface area contributed by atoms with E-state index in [9.17, 15) is 14.5 Å². The number of nitrogens with one attached hydrogen (secondary N) is 1. The van der Waals surface area contributed by atoms with Crippen LogP contribution in [0.25, 0.3) is 0 Å². The molecular weight excluding hydrogens is 223 g/mol. The number of nitro groups is 1. The molecule has 1 atom stereocenters. The molecule has 0 amide bonds. The van der Waals surface area contributed by atoms with Crippen molar-refractivity contribution >= 4 is 11.4 Å². The first-order valence-electron chi connectivity index (χ1n) is 5.79. The number of anilines is 1. The van der Waals surface area contributed by atoms with Crippen LogP contribution in [-0.2, 0) is 0 Å². The van der Waals surface area contributed by atoms with Gasteiger partial charge in [0.2, 0.25) is 5.82 Å². The van der Waals surface area contributed by atoms with Crippen molar-refractivity contribution in [1.82, 2.24) is 0 Å². The highest BCUT2D eigenvalue weighted by Crippen LogP contribution is 2.22. The molecule has 0 aliphatic rings. The van der Waals surface area contributed by atoms with E-state index in [0.29, 0.717) is 5.69 Å². The summed E-state index contributed by atoms with van der Waals surface area (Å²) in [6, 6.07) is 4.19. The Morgan fingerprint density at radius 1 is 1.47 bits per heavy atom. The lowest BCUT2D eigenvalue weighted by atomic mass is 10.1. The summed E-state index contributed by atoms with van der Waals surface area (Å²) >= 11 is 0. The van der Waals surface area contributed by atoms with E-state index in [1.807, 2.05) is 0 Å². The van der Waals surface area contributed by atoms with Gasteiger partial charge in [0.1, 0.15) is 0 Å². The Labute approximate surface area is 100.0 Å². The summed E-state index contributed by atoms with van der Waals surface area (Å²) in [7, 11) is 0. The third-order valence-corrected chi connectivity index (χ3v) is 2.65. The standard InChI is InChI=1S/C12H17FN2O2/c1-3-5-9(4-2)14-10-6-7-12(15(16)17)11(13)8-10/h6-9,14H,3-5H2,1-2H3. The molecule has 0 bridgehead atoms. The van der Waals surface area contributed by atoms with Crippen molar-refractivity contribution in [3.8, 4) is 0 Å². The van der Waals surface area contributed by atoms with E-state index in [1.165, 1.54) is 12.1 Å². The van der Waals surface area contributed by atoms with Crippen molar-refractivity contribution < 1.29 is 9.31 Å². The van der Waals surface area contributed by atoms with Gasteiger partial charge < -0.3 is 5.32 Å². The largest absolute Gasteiger partial charge is 0.382 e. The highest BCUT2D eigenvalue weighted by Gasteiger charge is 2.14. The zero-order valence-corrected chi connectivity index (χ0v) is 10.1. The van der Waals surface area contributed by atoms with E-state index in [1.54, 1.807) is 6.07 Å². The predicted octanol–water partition coefficient (Wildman–Crippen LogP) is 3.72. The number of hydrogen-bond acceptors (Lipinski definition) is 3. The van der Waals surface area contributed by atoms with Crippen molar-refractivity contribution in [3.63, 3.8) is 0 Å². The Kier molecular flexibility index (Phi) is 4.87. The van der Waals surface area contributed by atoms with Gasteiger partial charge >= 0.3 is 5.69 Å². The fourth-order valence-corrected chi connectivity index (χ4v) is 1.71. The van der Waals surface area contributed by atoms with Gasteiger partial charge in [0.25, 0.3) is 0 Å². The minimum atomic E-state index is -0.800. The number of benzene rings is 1. The second-order valence-corrected chi connectivity index (χ2v) is 3.96. The molecule has 0 aliphatic heterocycles. The zero-order valence-electron chi connectivity index (χ0n) is 10.1. The molecule has 5 heteroatoms. The molecule has 0 aliphatic carbocycles. The van der Waals surface area contributed by atoms with Gasteiger partial charge in [-0.3, -0.25) is 10.1 Å². The molecule has 1 unspecified atom stereocenters. The average Bonchev–Trinajstić information content (AvgIpc) is 2.28. The van der Waals surface area contributed by atoms with Crippen LogP contribution < -0.4 is 5.32 Å². The normalized spacial score (nSPS) is 12.2. The van der Waals surface area contributed by atoms with E-state index >= 15 is 0 Å². The summed E-state index contributed by atoms with van der Waals surface area (Å²) in [4.78, 5) is 9.74. The van der Waals surface area contributed by atoms with Crippen molar-refractivity contribution in [2.24, 2.45) is 0 Å². The van der Waals surface area contributed by atoms with E-state index in [2.05, 4.69) is 19.2 Å². The van der Waals surface area contributed by atoms with Gasteiger partial charge in [-0.25, -0.2) is 0 Å². The number of rotatable bonds is 6. The highest BCUT2D eigenvalue weighted by molar-refractivity contribution is 5.50. The number of nitro benzene ring substituents is 1. The first-order valence-corrected chi connectivity index (χ1v) is 5.79. The van der Waals surface area contributed by atoms with Crippen molar-refractivity contribution in [3.05, 3.63) is 34.1 Å². The lowest BCUT2D eigenvalue weighted by molar-refractivity contribution is -0.387. The van der Waals surface area contributed by atoms with Crippen LogP contribution in [0.1, 0.15) is 33.1 Å². The van der Waals surface area contributed by atoms with Crippen molar-refractivity contribution in [2.75, 3.05) is 5.32 Å². The Balaban J connectivity index is 2.79. The molecule has 4 nitrogen and oxygen atoms in total. The SMILES string of the molecule is CCCC(CC)Nc1ccc([N+](=O)[O-])c(F)c1. The molecule has 0 fully saturated rings. The molecular formula is C12H17FN2O2. The van der Waals surface area contributed by atoms with Gasteiger partial charge in [0, 0.05) is 23.9 Å². The third kappa shape index (κ3) is 3.69. The van der Waals surface area contributed by atoms with Gasteiger partial charge in [-0.1, -0.05) is 20.3 Å². The summed E-state index contributed by atoms with van der Waals surface area (Å²) in [5, 5.41) is 13.6. The summed E-state index contributed by atoms with van der Waals surface area (Å²) in [5.74, 6) is -0.800. The quantitative estimate of drug-likeness (QED) is 0.609. The monoisotopic (exact) mass is 240 g/mol. The predicted molar refractivity (Wildman–Crippen MR) is 65.7 cm³/mol. The smallest absolute Gasteiger partial charge is 0.304 e. The number of halogens is 1. The minimum Gasteiger partial charge on any atom is -0.382 e. The number of nitrogens with zero attached hydrogens (tertiary/aromatic N) is 1. The van der Waals surface area contributed by atoms with E-state index in [4.69, 9.17) is 0 Å². The molecule has 1 aromatic rings. The minimum absolute atomic E-state index is 0.279. The zero-order chi connectivity index (χ0) is 12.8. The Morgan fingerprint density at radius 2 is 2.18 bits per heavy atom. The van der Waals surface area contributed by atoms with Crippen LogP contribution in [0.3, 0.4) is 0 Å². The molecule has 0 radical (unpaired) electrons. The number of hydrogen-bond donors (Lipinski definition) is 1. The van der Waals surface area contributed by atoms with Gasteiger partial charge in [0.15, 0.2) is 0 Å². The van der Waals surface area contributed by atoms with Crippen LogP contribution in [0.2, 0.25) is 0 Å². The summed E-state index contributed by atoms with van der Waals surface area (Å²) < 4.78 is 13.4. The maximum absolute atomic E-state index is 13.4. The molecule has 0 saturated carbocycles. The summed E-state index contributed by atoms with van der Waals surface area (Å²) in [6.07, 6.45) is 2.97. The lowest BCUT2D eigenvalue weighted by Gasteiger charge is -2.17. The molecule has 1 rings (SSSR count). The Morgan fingerprint density at radius 3 is 2.65 bits per heavy atom. The second-order valence-electron chi connectivity index (χ2n) is 3.96. The average molecular weight is 240 g/mol. The highest BCUT2D eigenvalue weighted by atomic mass is 19.1. The molecule has 1 N–H and O–H groups in total. The van der Waals surface area contributed by atoms with Crippen LogP contribution in [0.4, 0.5) is 15.8 Å². The van der Waals surface area contributed by atoms with Crippen molar-refractivity contribution in [1.29, 1.82) is 0 Å². The summed E-state index contributed by atoms with van der Waals surface area (Å²) in [6.45, 7) is 4.13. The second kappa shape index (κ2) is 6.18. The molecule has 0 aromatic heterocycles. The maximum atomic E-state index is 13.4. The summed E-state index contributed by atoms with van der Waals surface area (Å²) in [5.41, 5.74) is 0.104. The van der Waals surface area contributed by atoms with Crippen LogP contribution in [-0.4, -0.2) is 11.0 Å². The first kappa shape index (κ1) is 13.4. The fourth-order valence-electron chi connectivity index (χ4n) is 1.71. The van der Waals surface area contributed by atoms with E-state index in [0.717, 1.165) is 19.3 Å². The fraction of sp³-hybridized carbons (Fsp3) is 0.500. The van der Waals surface area contributed by atoms with Gasteiger partial charge in [0.05, 0.1) is 4.92 Å². The van der Waals surface area contributed by atoms with Gasteiger partial charge in [-0.05, 0) is 18.9 Å². The first-order chi connectivity index (χ1) is 8.08. The van der Waals surface area contributed by atoms with Crippen LogP contribution in [0.15, 0.2) is 18.2 Å². The molecule has 0 saturated heterocycles. The molecule has 0 spiro atoms. The topological polar surface area (TPSA) is 55.2 Å². The van der Waals surface area contributed by atoms with E-state index < -0.39 is 16.4 Å². The maximum Gasteiger partial charge on any atom is 0.304 e. The Bertz CT molecular complexity index is 396. The molecule has 1 aromatic carbocycles. The molecule has 0 heterocycles. The molecule has 94 valence electrons. The van der Waals surface area contributed by atoms with Crippen LogP contribution >= 0.6 is 0 Å². The van der Waals surface area contributed by atoms with Crippen LogP contribution in [0.5, 0.6) is 0 Å². The van der Waals surface area contributed by atoms with E-state index in [-0.39, 0.29) is 6.04 Å². The Hall–Kier alpha value is -1.65. The molecule has 17 heavy (non-hydrogen) atoms. The van der Waals surface area contributed by atoms with Crippen LogP contribution in [0, 0.1) is 15.9 Å². The van der Waals surface area contributed by atoms with Gasteiger partial charge in [-0.15, -0.1) is 0 Å². The lowest BCUT2D eigenvalue weighted by Crippen LogP contribution is -2.18.